The maximum atomic E-state index is 5.66. The van der Waals surface area contributed by atoms with Crippen LogP contribution in [0.5, 0.6) is 17.2 Å². The van der Waals surface area contributed by atoms with Gasteiger partial charge in [0, 0.05) is 23.1 Å². The molecule has 33 heavy (non-hydrogen) atoms. The highest BCUT2D eigenvalue weighted by molar-refractivity contribution is 7.07. The molecule has 3 unspecified atom stereocenters. The molecule has 7 heteroatoms. The maximum absolute atomic E-state index is 5.66. The van der Waals surface area contributed by atoms with Gasteiger partial charge in [0.15, 0.2) is 0 Å². The number of benzene rings is 2. The minimum Gasteiger partial charge on any atom is -0.497 e. The largest absolute Gasteiger partial charge is 0.497 e. The molecule has 170 valence electrons. The van der Waals surface area contributed by atoms with E-state index in [1.165, 1.54) is 17.8 Å². The number of allylic oxidation sites excluding steroid dienone is 2. The fourth-order valence-corrected chi connectivity index (χ4v) is 5.50. The summed E-state index contributed by atoms with van der Waals surface area (Å²) in [5, 5.41) is 7.02. The molecular formula is C26H27N3O3S. The number of hydrogen-bond acceptors (Lipinski definition) is 6. The molecule has 1 fully saturated rings. The van der Waals surface area contributed by atoms with E-state index in [9.17, 15) is 0 Å². The molecule has 0 aliphatic heterocycles. The lowest BCUT2D eigenvalue weighted by Gasteiger charge is -2.14. The average molecular weight is 462 g/mol. The Morgan fingerprint density at radius 1 is 0.970 bits per heavy atom. The van der Waals surface area contributed by atoms with E-state index < -0.39 is 0 Å². The molecule has 6 nitrogen and oxygen atoms in total. The second kappa shape index (κ2) is 9.27. The van der Waals surface area contributed by atoms with E-state index in [1.807, 2.05) is 47.1 Å². The zero-order valence-electron chi connectivity index (χ0n) is 19.0. The lowest BCUT2D eigenvalue weighted by atomic mass is 9.95. The first-order valence-corrected chi connectivity index (χ1v) is 11.9. The Kier molecular flexibility index (Phi) is 6.05. The van der Waals surface area contributed by atoms with E-state index in [-0.39, 0.29) is 0 Å². The number of nitrogens with zero attached hydrogens (tertiary/aromatic N) is 3. The fraction of sp³-hybridized carbons (Fsp3) is 0.308. The van der Waals surface area contributed by atoms with Gasteiger partial charge in [0.25, 0.3) is 0 Å². The summed E-state index contributed by atoms with van der Waals surface area (Å²) >= 11 is 1.53. The Bertz CT molecular complexity index is 1270. The van der Waals surface area contributed by atoms with Gasteiger partial charge in [-0.1, -0.05) is 24.3 Å². The normalized spacial score (nSPS) is 21.8. The summed E-state index contributed by atoms with van der Waals surface area (Å²) in [6, 6.07) is 13.5. The van der Waals surface area contributed by atoms with Gasteiger partial charge in [0.2, 0.25) is 4.80 Å². The van der Waals surface area contributed by atoms with E-state index in [1.54, 1.807) is 21.3 Å². The lowest BCUT2D eigenvalue weighted by Crippen LogP contribution is -2.15. The molecule has 3 aromatic rings. The molecule has 0 amide bonds. The molecule has 0 spiro atoms. The Labute approximate surface area is 197 Å². The lowest BCUT2D eigenvalue weighted by molar-refractivity contribution is 0.404. The second-order valence-electron chi connectivity index (χ2n) is 8.27. The third-order valence-corrected chi connectivity index (χ3v) is 7.19. The van der Waals surface area contributed by atoms with Crippen LogP contribution in [-0.2, 0) is 0 Å². The minimum atomic E-state index is 0.451. The van der Waals surface area contributed by atoms with Gasteiger partial charge >= 0.3 is 0 Å². The Hall–Kier alpha value is -3.32. The fourth-order valence-electron chi connectivity index (χ4n) is 4.66. The summed E-state index contributed by atoms with van der Waals surface area (Å²) in [5.41, 5.74) is 2.57. The van der Waals surface area contributed by atoms with E-state index >= 15 is 0 Å². The van der Waals surface area contributed by atoms with E-state index in [4.69, 9.17) is 24.3 Å². The smallest absolute Gasteiger partial charge is 0.211 e. The van der Waals surface area contributed by atoms with Crippen LogP contribution in [0.4, 0.5) is 5.69 Å². The van der Waals surface area contributed by atoms with Crippen LogP contribution in [0.3, 0.4) is 0 Å². The quantitative estimate of drug-likeness (QED) is 0.344. The van der Waals surface area contributed by atoms with Crippen molar-refractivity contribution in [3.05, 3.63) is 64.8 Å². The first kappa shape index (κ1) is 21.5. The standard InChI is InChI=1S/C26H27N3O3S/c1-30-20-10-11-24(31-2)21(14-20)23-16-33-26(28-22-6-4-5-7-25(22)32-3)29(23)27-15-19-13-17-8-9-18(19)12-17/h4-11,14-19H,12-13H2,1-3H3. The highest BCUT2D eigenvalue weighted by Gasteiger charge is 2.34. The summed E-state index contributed by atoms with van der Waals surface area (Å²) in [6.07, 6.45) is 9.18. The molecule has 1 aromatic heterocycles. The third-order valence-electron chi connectivity index (χ3n) is 6.37. The Balaban J connectivity index is 1.64. The number of hydrogen-bond donors (Lipinski definition) is 0. The van der Waals surface area contributed by atoms with Gasteiger partial charge in [-0.15, -0.1) is 11.3 Å². The molecule has 2 aliphatic rings. The van der Waals surface area contributed by atoms with Crippen molar-refractivity contribution >= 4 is 23.2 Å². The highest BCUT2D eigenvalue weighted by atomic mass is 32.1. The van der Waals surface area contributed by atoms with Crippen LogP contribution < -0.4 is 19.0 Å². The summed E-state index contributed by atoms with van der Waals surface area (Å²) in [7, 11) is 4.99. The number of aromatic nitrogens is 1. The highest BCUT2D eigenvalue weighted by Crippen LogP contribution is 2.42. The van der Waals surface area contributed by atoms with Crippen molar-refractivity contribution in [1.82, 2.24) is 4.68 Å². The van der Waals surface area contributed by atoms with Crippen molar-refractivity contribution in [1.29, 1.82) is 0 Å². The predicted molar refractivity (Wildman–Crippen MR) is 132 cm³/mol. The number of fused-ring (bicyclic) bond motifs is 2. The van der Waals surface area contributed by atoms with E-state index in [0.29, 0.717) is 17.8 Å². The number of thiazole rings is 1. The molecule has 2 bridgehead atoms. The number of para-hydroxylation sites is 2. The molecule has 3 atom stereocenters. The van der Waals surface area contributed by atoms with Crippen LogP contribution in [0, 0.1) is 17.8 Å². The van der Waals surface area contributed by atoms with Gasteiger partial charge < -0.3 is 14.2 Å². The monoisotopic (exact) mass is 461 g/mol. The van der Waals surface area contributed by atoms with Crippen LogP contribution in [0.2, 0.25) is 0 Å². The van der Waals surface area contributed by atoms with Crippen LogP contribution >= 0.6 is 11.3 Å². The molecule has 5 rings (SSSR count). The number of rotatable bonds is 7. The van der Waals surface area contributed by atoms with Crippen LogP contribution in [0.15, 0.2) is 70.1 Å². The van der Waals surface area contributed by atoms with Crippen LogP contribution in [0.1, 0.15) is 12.8 Å². The number of ether oxygens (including phenoxy) is 3. The predicted octanol–water partition coefficient (Wildman–Crippen LogP) is 5.52. The average Bonchev–Trinajstić information content (AvgIpc) is 3.59. The van der Waals surface area contributed by atoms with Crippen molar-refractivity contribution in [3.8, 4) is 28.5 Å². The van der Waals surface area contributed by atoms with Gasteiger partial charge in [0.1, 0.15) is 22.9 Å². The zero-order chi connectivity index (χ0) is 22.8. The molecular weight excluding hydrogens is 434 g/mol. The Morgan fingerprint density at radius 3 is 2.55 bits per heavy atom. The summed E-state index contributed by atoms with van der Waals surface area (Å²) < 4.78 is 18.6. The van der Waals surface area contributed by atoms with Gasteiger partial charge in [-0.05, 0) is 55.0 Å². The summed E-state index contributed by atoms with van der Waals surface area (Å²) in [5.74, 6) is 3.96. The molecule has 2 aliphatic carbocycles. The van der Waals surface area contributed by atoms with Gasteiger partial charge in [-0.25, -0.2) is 9.67 Å². The van der Waals surface area contributed by atoms with Gasteiger partial charge in [0.05, 0.1) is 27.0 Å². The molecule has 1 saturated carbocycles. The first-order chi connectivity index (χ1) is 16.2. The van der Waals surface area contributed by atoms with Crippen molar-refractivity contribution in [2.75, 3.05) is 21.3 Å². The maximum Gasteiger partial charge on any atom is 0.211 e. The van der Waals surface area contributed by atoms with Crippen LogP contribution in [0.25, 0.3) is 11.3 Å². The van der Waals surface area contributed by atoms with Crippen molar-refractivity contribution in [3.63, 3.8) is 0 Å². The summed E-state index contributed by atoms with van der Waals surface area (Å²) in [4.78, 5) is 5.66. The van der Waals surface area contributed by atoms with E-state index in [0.717, 1.165) is 45.4 Å². The Morgan fingerprint density at radius 2 is 1.82 bits per heavy atom. The van der Waals surface area contributed by atoms with E-state index in [2.05, 4.69) is 23.7 Å². The van der Waals surface area contributed by atoms with Crippen LogP contribution in [-0.4, -0.2) is 32.2 Å². The zero-order valence-corrected chi connectivity index (χ0v) is 19.8. The third kappa shape index (κ3) is 4.20. The molecule has 2 aromatic carbocycles. The SMILES string of the molecule is COc1ccc(OC)c(-c2csc(=Nc3ccccc3OC)n2N=CC2CC3C=CC2C3)c1. The van der Waals surface area contributed by atoms with Gasteiger partial charge in [-0.3, -0.25) is 0 Å². The van der Waals surface area contributed by atoms with Crippen molar-refractivity contribution in [2.45, 2.75) is 12.8 Å². The molecule has 0 radical (unpaired) electrons. The second-order valence-corrected chi connectivity index (χ2v) is 9.11. The summed E-state index contributed by atoms with van der Waals surface area (Å²) in [6.45, 7) is 0. The first-order valence-electron chi connectivity index (χ1n) is 11.0. The number of methoxy groups -OCH3 is 3. The molecule has 0 saturated heterocycles. The van der Waals surface area contributed by atoms with Crippen molar-refractivity contribution < 1.29 is 14.2 Å². The molecule has 1 heterocycles. The topological polar surface area (TPSA) is 57.3 Å². The van der Waals surface area contributed by atoms with Gasteiger partial charge in [-0.2, -0.15) is 5.10 Å². The minimum absolute atomic E-state index is 0.451. The molecule has 0 N–H and O–H groups in total. The van der Waals surface area contributed by atoms with Crippen molar-refractivity contribution in [2.24, 2.45) is 27.8 Å².